The third-order valence-electron chi connectivity index (χ3n) is 3.86. The lowest BCUT2D eigenvalue weighted by Crippen LogP contribution is -2.32. The zero-order chi connectivity index (χ0) is 13.4. The van der Waals surface area contributed by atoms with Crippen LogP contribution in [0.5, 0.6) is 0 Å². The van der Waals surface area contributed by atoms with E-state index in [-0.39, 0.29) is 0 Å². The van der Waals surface area contributed by atoms with Crippen LogP contribution in [0.15, 0.2) is 18.2 Å². The van der Waals surface area contributed by atoms with Crippen LogP contribution >= 0.6 is 0 Å². The summed E-state index contributed by atoms with van der Waals surface area (Å²) in [7, 11) is 0. The first-order valence-corrected chi connectivity index (χ1v) is 6.67. The third-order valence-corrected chi connectivity index (χ3v) is 3.86. The van der Waals surface area contributed by atoms with Crippen LogP contribution in [0, 0.1) is 6.92 Å². The Kier molecular flexibility index (Phi) is 2.98. The Morgan fingerprint density at radius 1 is 1.53 bits per heavy atom. The van der Waals surface area contributed by atoms with Gasteiger partial charge in [-0.15, -0.1) is 0 Å². The number of amides is 1. The predicted octanol–water partition coefficient (Wildman–Crippen LogP) is 1.37. The fourth-order valence-electron chi connectivity index (χ4n) is 2.85. The number of hydrogen-bond acceptors (Lipinski definition) is 3. The molecule has 1 aromatic heterocycles. The Bertz CT molecular complexity index is 626. The van der Waals surface area contributed by atoms with E-state index < -0.39 is 5.91 Å². The number of hydrogen-bond donors (Lipinski definition) is 2. The van der Waals surface area contributed by atoms with Crippen molar-refractivity contribution in [1.82, 2.24) is 15.1 Å². The average Bonchev–Trinajstić information content (AvgIpc) is 2.77. The fourth-order valence-corrected chi connectivity index (χ4v) is 2.85. The van der Waals surface area contributed by atoms with Gasteiger partial charge < -0.3 is 11.1 Å². The zero-order valence-corrected chi connectivity index (χ0v) is 11.0. The van der Waals surface area contributed by atoms with E-state index in [0.29, 0.717) is 11.6 Å². The molecule has 0 radical (unpaired) electrons. The molecule has 0 bridgehead atoms. The van der Waals surface area contributed by atoms with Crippen LogP contribution in [0.25, 0.3) is 10.9 Å². The maximum absolute atomic E-state index is 11.5. The minimum atomic E-state index is -0.419. The number of aryl methyl sites for hydroxylation is 1. The van der Waals surface area contributed by atoms with E-state index in [9.17, 15) is 4.79 Å². The molecule has 5 heteroatoms. The largest absolute Gasteiger partial charge is 0.366 e. The Balaban J connectivity index is 2.13. The summed E-state index contributed by atoms with van der Waals surface area (Å²) in [5.74, 6) is -0.419. The number of nitrogens with one attached hydrogen (secondary N) is 1. The van der Waals surface area contributed by atoms with Crippen molar-refractivity contribution in [2.75, 3.05) is 13.1 Å². The maximum Gasteiger partial charge on any atom is 0.250 e. The molecule has 0 spiro atoms. The van der Waals surface area contributed by atoms with Crippen LogP contribution in [0.2, 0.25) is 0 Å². The summed E-state index contributed by atoms with van der Waals surface area (Å²) >= 11 is 0. The molecule has 1 aliphatic rings. The fraction of sp³-hybridized carbons (Fsp3) is 0.429. The molecule has 0 aliphatic carbocycles. The molecule has 1 amide bonds. The first-order valence-electron chi connectivity index (χ1n) is 6.67. The molecule has 2 heterocycles. The summed E-state index contributed by atoms with van der Waals surface area (Å²) < 4.78 is 2.04. The van der Waals surface area contributed by atoms with Gasteiger partial charge in [0.15, 0.2) is 0 Å². The predicted molar refractivity (Wildman–Crippen MR) is 74.1 cm³/mol. The molecule has 1 atom stereocenters. The Labute approximate surface area is 111 Å². The molecular formula is C14H18N4O. The lowest BCUT2D eigenvalue weighted by atomic mass is 10.1. The van der Waals surface area contributed by atoms with Gasteiger partial charge in [0.05, 0.1) is 11.6 Å². The highest BCUT2D eigenvalue weighted by Gasteiger charge is 2.20. The summed E-state index contributed by atoms with van der Waals surface area (Å²) in [5, 5.41) is 9.04. The average molecular weight is 258 g/mol. The number of nitrogens with two attached hydrogens (primary N) is 1. The van der Waals surface area contributed by atoms with Crippen LogP contribution in [0.1, 0.15) is 34.9 Å². The van der Waals surface area contributed by atoms with E-state index in [1.807, 2.05) is 16.8 Å². The number of nitrogens with zero attached hydrogens (tertiary/aromatic N) is 2. The molecule has 1 saturated heterocycles. The lowest BCUT2D eigenvalue weighted by Gasteiger charge is -2.24. The summed E-state index contributed by atoms with van der Waals surface area (Å²) in [5.41, 5.74) is 7.74. The van der Waals surface area contributed by atoms with Crippen LogP contribution < -0.4 is 11.1 Å². The third kappa shape index (κ3) is 2.00. The molecule has 1 unspecified atom stereocenters. The van der Waals surface area contributed by atoms with E-state index in [0.717, 1.165) is 42.5 Å². The van der Waals surface area contributed by atoms with Gasteiger partial charge in [-0.3, -0.25) is 9.48 Å². The number of piperidine rings is 1. The molecule has 2 aromatic rings. The van der Waals surface area contributed by atoms with Gasteiger partial charge in [-0.1, -0.05) is 12.1 Å². The molecule has 3 N–H and O–H groups in total. The minimum absolute atomic E-state index is 0.363. The monoisotopic (exact) mass is 258 g/mol. The van der Waals surface area contributed by atoms with E-state index >= 15 is 0 Å². The number of fused-ring (bicyclic) bond motifs is 1. The van der Waals surface area contributed by atoms with E-state index in [2.05, 4.69) is 17.3 Å². The number of aromatic nitrogens is 2. The molecular weight excluding hydrogens is 240 g/mol. The van der Waals surface area contributed by atoms with Crippen LogP contribution in [0.3, 0.4) is 0 Å². The van der Waals surface area contributed by atoms with Crippen LogP contribution in [-0.2, 0) is 0 Å². The minimum Gasteiger partial charge on any atom is -0.366 e. The maximum atomic E-state index is 11.5. The summed E-state index contributed by atoms with van der Waals surface area (Å²) in [6.45, 7) is 4.05. The highest BCUT2D eigenvalue weighted by molar-refractivity contribution is 6.05. The highest BCUT2D eigenvalue weighted by atomic mass is 16.1. The SMILES string of the molecule is Cc1c2cccc(C(N)=O)c2nn1C1CCCNC1. The van der Waals surface area contributed by atoms with Crippen LogP contribution in [0.4, 0.5) is 0 Å². The molecule has 1 aliphatic heterocycles. The number of carbonyl (C=O) groups is 1. The number of primary amides is 1. The van der Waals surface area contributed by atoms with E-state index in [1.165, 1.54) is 0 Å². The van der Waals surface area contributed by atoms with Crippen molar-refractivity contribution in [1.29, 1.82) is 0 Å². The van der Waals surface area contributed by atoms with Crippen molar-refractivity contribution in [2.45, 2.75) is 25.8 Å². The molecule has 5 nitrogen and oxygen atoms in total. The zero-order valence-electron chi connectivity index (χ0n) is 11.0. The highest BCUT2D eigenvalue weighted by Crippen LogP contribution is 2.26. The first kappa shape index (κ1) is 12.2. The van der Waals surface area contributed by atoms with Crippen molar-refractivity contribution in [2.24, 2.45) is 5.73 Å². The van der Waals surface area contributed by atoms with Gasteiger partial charge in [0.2, 0.25) is 0 Å². The van der Waals surface area contributed by atoms with E-state index in [1.54, 1.807) is 6.07 Å². The van der Waals surface area contributed by atoms with Crippen molar-refractivity contribution in [3.05, 3.63) is 29.5 Å². The molecule has 3 rings (SSSR count). The normalized spacial score (nSPS) is 19.7. The Morgan fingerprint density at radius 2 is 2.37 bits per heavy atom. The molecule has 100 valence electrons. The van der Waals surface area contributed by atoms with Crippen molar-refractivity contribution < 1.29 is 4.79 Å². The van der Waals surface area contributed by atoms with Gasteiger partial charge in [0.1, 0.15) is 5.52 Å². The van der Waals surface area contributed by atoms with Crippen molar-refractivity contribution >= 4 is 16.8 Å². The lowest BCUT2D eigenvalue weighted by molar-refractivity contribution is 0.100. The first-order chi connectivity index (χ1) is 9.18. The van der Waals surface area contributed by atoms with Gasteiger partial charge in [-0.05, 0) is 32.4 Å². The number of carbonyl (C=O) groups excluding carboxylic acids is 1. The standard InChI is InChI=1S/C14H18N4O/c1-9-11-5-2-6-12(14(15)19)13(11)17-18(9)10-4-3-7-16-8-10/h2,5-6,10,16H,3-4,7-8H2,1H3,(H2,15,19). The quantitative estimate of drug-likeness (QED) is 0.854. The van der Waals surface area contributed by atoms with Gasteiger partial charge in [-0.25, -0.2) is 0 Å². The second-order valence-electron chi connectivity index (χ2n) is 5.10. The van der Waals surface area contributed by atoms with E-state index in [4.69, 9.17) is 5.73 Å². The summed E-state index contributed by atoms with van der Waals surface area (Å²) in [6, 6.07) is 5.96. The van der Waals surface area contributed by atoms with Gasteiger partial charge in [-0.2, -0.15) is 5.10 Å². The Morgan fingerprint density at radius 3 is 3.05 bits per heavy atom. The second kappa shape index (κ2) is 4.66. The van der Waals surface area contributed by atoms with Gasteiger partial charge >= 0.3 is 0 Å². The van der Waals surface area contributed by atoms with Crippen molar-refractivity contribution in [3.63, 3.8) is 0 Å². The second-order valence-corrected chi connectivity index (χ2v) is 5.10. The van der Waals surface area contributed by atoms with Gasteiger partial charge in [0, 0.05) is 17.6 Å². The summed E-state index contributed by atoms with van der Waals surface area (Å²) in [6.07, 6.45) is 2.27. The smallest absolute Gasteiger partial charge is 0.250 e. The topological polar surface area (TPSA) is 72.9 Å². The molecule has 1 fully saturated rings. The molecule has 1 aromatic carbocycles. The van der Waals surface area contributed by atoms with Crippen molar-refractivity contribution in [3.8, 4) is 0 Å². The Hall–Kier alpha value is -1.88. The number of rotatable bonds is 2. The summed E-state index contributed by atoms with van der Waals surface area (Å²) in [4.78, 5) is 11.5. The van der Waals surface area contributed by atoms with Gasteiger partial charge in [0.25, 0.3) is 5.91 Å². The molecule has 0 saturated carbocycles. The van der Waals surface area contributed by atoms with Crippen LogP contribution in [-0.4, -0.2) is 28.8 Å². The molecule has 19 heavy (non-hydrogen) atoms. The number of benzene rings is 1.